The molecule has 4 nitrogen and oxygen atoms in total. The minimum Gasteiger partial charge on any atom is -0.456 e. The van der Waals surface area contributed by atoms with Gasteiger partial charge in [0.1, 0.15) is 5.76 Å². The molecule has 0 unspecified atom stereocenters. The molecule has 3 rings (SSSR count). The van der Waals surface area contributed by atoms with Gasteiger partial charge in [-0.05, 0) is 30.9 Å². The van der Waals surface area contributed by atoms with E-state index in [1.54, 1.807) is 11.0 Å². The Morgan fingerprint density at radius 2 is 2.24 bits per heavy atom. The van der Waals surface area contributed by atoms with Crippen LogP contribution in [0.2, 0.25) is 0 Å². The predicted octanol–water partition coefficient (Wildman–Crippen LogP) is 1.41. The van der Waals surface area contributed by atoms with Crippen LogP contribution in [0.3, 0.4) is 0 Å². The summed E-state index contributed by atoms with van der Waals surface area (Å²) in [6.07, 6.45) is 3.26. The topological polar surface area (TPSA) is 59.5 Å². The maximum Gasteiger partial charge on any atom is 0.289 e. The molecule has 17 heavy (non-hydrogen) atoms. The van der Waals surface area contributed by atoms with Crippen LogP contribution in [0.25, 0.3) is 0 Å². The van der Waals surface area contributed by atoms with Gasteiger partial charge in [-0.25, -0.2) is 0 Å². The summed E-state index contributed by atoms with van der Waals surface area (Å²) in [6, 6.07) is 3.62. The summed E-state index contributed by atoms with van der Waals surface area (Å²) in [5.74, 6) is 1.91. The molecule has 92 valence electrons. The number of furan rings is 1. The maximum absolute atomic E-state index is 12.1. The van der Waals surface area contributed by atoms with Crippen LogP contribution in [0.5, 0.6) is 0 Å². The maximum atomic E-state index is 12.1. The smallest absolute Gasteiger partial charge is 0.289 e. The van der Waals surface area contributed by atoms with Crippen molar-refractivity contribution >= 4 is 5.91 Å². The Balaban J connectivity index is 1.64. The lowest BCUT2D eigenvalue weighted by Gasteiger charge is -2.47. The molecule has 1 aliphatic carbocycles. The van der Waals surface area contributed by atoms with E-state index in [-0.39, 0.29) is 11.4 Å². The number of carbonyl (C=O) groups excluding carboxylic acids is 1. The molecular formula is C13H18N2O2. The Bertz CT molecular complexity index is 442. The molecule has 0 spiro atoms. The lowest BCUT2D eigenvalue weighted by Crippen LogP contribution is -2.69. The minimum atomic E-state index is -0.115. The molecule has 1 aliphatic heterocycles. The fourth-order valence-corrected chi connectivity index (χ4v) is 2.56. The summed E-state index contributed by atoms with van der Waals surface area (Å²) in [6.45, 7) is 3.37. The van der Waals surface area contributed by atoms with Gasteiger partial charge in [-0.2, -0.15) is 0 Å². The quantitative estimate of drug-likeness (QED) is 0.860. The minimum absolute atomic E-state index is 0.0218. The summed E-state index contributed by atoms with van der Waals surface area (Å²) in [5, 5.41) is 0. The van der Waals surface area contributed by atoms with E-state index in [0.717, 1.165) is 12.2 Å². The molecular weight excluding hydrogens is 216 g/mol. The predicted molar refractivity (Wildman–Crippen MR) is 63.6 cm³/mol. The van der Waals surface area contributed by atoms with E-state index in [2.05, 4.69) is 0 Å². The van der Waals surface area contributed by atoms with Crippen LogP contribution in [-0.2, 0) is 6.42 Å². The largest absolute Gasteiger partial charge is 0.456 e. The standard InChI is InChI=1S/C13H18N2O2/c1-2-10-5-6-11(17-10)12(16)15-7-13(14,8-15)9-3-4-9/h5-6,9H,2-4,7-8,14H2,1H3. The highest BCUT2D eigenvalue weighted by Gasteiger charge is 2.52. The Hall–Kier alpha value is -1.29. The number of nitrogens with two attached hydrogens (primary N) is 1. The van der Waals surface area contributed by atoms with Crippen LogP contribution in [0.4, 0.5) is 0 Å². The van der Waals surface area contributed by atoms with Gasteiger partial charge < -0.3 is 15.1 Å². The molecule has 4 heteroatoms. The van der Waals surface area contributed by atoms with Gasteiger partial charge in [-0.15, -0.1) is 0 Å². The van der Waals surface area contributed by atoms with E-state index in [1.165, 1.54) is 12.8 Å². The first-order valence-corrected chi connectivity index (χ1v) is 6.29. The Labute approximate surface area is 101 Å². The molecule has 1 saturated heterocycles. The Morgan fingerprint density at radius 3 is 2.76 bits per heavy atom. The van der Waals surface area contributed by atoms with Crippen molar-refractivity contribution in [2.45, 2.75) is 31.7 Å². The second-order valence-corrected chi connectivity index (χ2v) is 5.29. The second-order valence-electron chi connectivity index (χ2n) is 5.29. The van der Waals surface area contributed by atoms with E-state index in [0.29, 0.717) is 24.8 Å². The average Bonchev–Trinajstić information content (AvgIpc) is 3.02. The van der Waals surface area contributed by atoms with E-state index in [4.69, 9.17) is 10.2 Å². The van der Waals surface area contributed by atoms with Crippen LogP contribution in [0, 0.1) is 5.92 Å². The van der Waals surface area contributed by atoms with Gasteiger partial charge >= 0.3 is 0 Å². The number of carbonyl (C=O) groups is 1. The molecule has 1 aromatic rings. The normalized spacial score (nSPS) is 22.4. The lowest BCUT2D eigenvalue weighted by molar-refractivity contribution is 0.0320. The van der Waals surface area contributed by atoms with Crippen molar-refractivity contribution in [3.05, 3.63) is 23.7 Å². The van der Waals surface area contributed by atoms with Crippen molar-refractivity contribution < 1.29 is 9.21 Å². The second kappa shape index (κ2) is 3.60. The number of hydrogen-bond donors (Lipinski definition) is 1. The van der Waals surface area contributed by atoms with Gasteiger partial charge in [0.2, 0.25) is 0 Å². The summed E-state index contributed by atoms with van der Waals surface area (Å²) >= 11 is 0. The van der Waals surface area contributed by atoms with Crippen LogP contribution < -0.4 is 5.73 Å². The SMILES string of the molecule is CCc1ccc(C(=O)N2CC(N)(C3CC3)C2)o1. The third kappa shape index (κ3) is 1.76. The molecule has 2 N–H and O–H groups in total. The molecule has 1 saturated carbocycles. The molecule has 1 aromatic heterocycles. The number of amides is 1. The van der Waals surface area contributed by atoms with Gasteiger partial charge in [0.25, 0.3) is 5.91 Å². The Kier molecular flexibility index (Phi) is 2.30. The highest BCUT2D eigenvalue weighted by Crippen LogP contribution is 2.43. The van der Waals surface area contributed by atoms with Crippen molar-refractivity contribution in [3.8, 4) is 0 Å². The zero-order valence-corrected chi connectivity index (χ0v) is 10.1. The van der Waals surface area contributed by atoms with Crippen LogP contribution in [0.15, 0.2) is 16.5 Å². The number of rotatable bonds is 3. The fourth-order valence-electron chi connectivity index (χ4n) is 2.56. The number of aryl methyl sites for hydroxylation is 1. The Morgan fingerprint density at radius 1 is 1.53 bits per heavy atom. The molecule has 2 fully saturated rings. The zero-order chi connectivity index (χ0) is 12.0. The summed E-state index contributed by atoms with van der Waals surface area (Å²) in [4.78, 5) is 13.9. The monoisotopic (exact) mass is 234 g/mol. The lowest BCUT2D eigenvalue weighted by atomic mass is 9.85. The van der Waals surface area contributed by atoms with Crippen molar-refractivity contribution in [1.82, 2.24) is 4.90 Å². The molecule has 2 heterocycles. The van der Waals surface area contributed by atoms with Crippen molar-refractivity contribution in [2.24, 2.45) is 11.7 Å². The summed E-state index contributed by atoms with van der Waals surface area (Å²) < 4.78 is 5.46. The van der Waals surface area contributed by atoms with Gasteiger partial charge in [0, 0.05) is 19.5 Å². The molecule has 2 aliphatic rings. The summed E-state index contributed by atoms with van der Waals surface area (Å²) in [5.41, 5.74) is 6.11. The highest BCUT2D eigenvalue weighted by molar-refractivity contribution is 5.92. The molecule has 0 bridgehead atoms. The molecule has 0 radical (unpaired) electrons. The number of nitrogens with zero attached hydrogens (tertiary/aromatic N) is 1. The van der Waals surface area contributed by atoms with Gasteiger partial charge in [0.15, 0.2) is 5.76 Å². The first-order valence-electron chi connectivity index (χ1n) is 6.29. The van der Waals surface area contributed by atoms with Crippen molar-refractivity contribution in [3.63, 3.8) is 0 Å². The molecule has 0 aromatic carbocycles. The van der Waals surface area contributed by atoms with Gasteiger partial charge in [0.05, 0.1) is 5.54 Å². The van der Waals surface area contributed by atoms with Crippen LogP contribution in [-0.4, -0.2) is 29.4 Å². The third-order valence-electron chi connectivity index (χ3n) is 3.87. The van der Waals surface area contributed by atoms with Crippen LogP contribution >= 0.6 is 0 Å². The highest BCUT2D eigenvalue weighted by atomic mass is 16.4. The average molecular weight is 234 g/mol. The third-order valence-corrected chi connectivity index (χ3v) is 3.87. The van der Waals surface area contributed by atoms with Gasteiger partial charge in [-0.1, -0.05) is 6.92 Å². The number of likely N-dealkylation sites (tertiary alicyclic amines) is 1. The van der Waals surface area contributed by atoms with E-state index >= 15 is 0 Å². The zero-order valence-electron chi connectivity index (χ0n) is 10.1. The molecule has 0 atom stereocenters. The van der Waals surface area contributed by atoms with E-state index in [9.17, 15) is 4.79 Å². The first-order chi connectivity index (χ1) is 8.12. The van der Waals surface area contributed by atoms with Gasteiger partial charge in [-0.3, -0.25) is 4.79 Å². The van der Waals surface area contributed by atoms with Crippen LogP contribution in [0.1, 0.15) is 36.1 Å². The molecule has 1 amide bonds. The van der Waals surface area contributed by atoms with Crippen molar-refractivity contribution in [1.29, 1.82) is 0 Å². The van der Waals surface area contributed by atoms with E-state index in [1.807, 2.05) is 13.0 Å². The number of hydrogen-bond acceptors (Lipinski definition) is 3. The summed E-state index contributed by atoms with van der Waals surface area (Å²) in [7, 11) is 0. The fraction of sp³-hybridized carbons (Fsp3) is 0.615. The van der Waals surface area contributed by atoms with E-state index < -0.39 is 0 Å². The first kappa shape index (κ1) is 10.8. The van der Waals surface area contributed by atoms with Crippen molar-refractivity contribution in [2.75, 3.05) is 13.1 Å².